The van der Waals surface area contributed by atoms with Crippen molar-refractivity contribution in [3.63, 3.8) is 0 Å². The van der Waals surface area contributed by atoms with E-state index in [0.29, 0.717) is 21.9 Å². The third-order valence-corrected chi connectivity index (χ3v) is 2.99. The summed E-state index contributed by atoms with van der Waals surface area (Å²) in [6.45, 7) is 1.59. The predicted molar refractivity (Wildman–Crippen MR) is 64.1 cm³/mol. The topological polar surface area (TPSA) is 46.9 Å². The molecule has 0 spiro atoms. The first-order chi connectivity index (χ1) is 7.75. The molecule has 0 saturated carbocycles. The van der Waals surface area contributed by atoms with Crippen molar-refractivity contribution in [3.8, 4) is 0 Å². The van der Waals surface area contributed by atoms with Crippen LogP contribution in [0.4, 0.5) is 5.95 Å². The van der Waals surface area contributed by atoms with Crippen LogP contribution in [0.25, 0.3) is 10.9 Å². The summed E-state index contributed by atoms with van der Waals surface area (Å²) in [5, 5.41) is 4.28. The molecule has 1 aromatic heterocycles. The van der Waals surface area contributed by atoms with E-state index in [1.54, 1.807) is 22.8 Å². The molecule has 0 saturated heterocycles. The summed E-state index contributed by atoms with van der Waals surface area (Å²) in [7, 11) is 0. The van der Waals surface area contributed by atoms with Gasteiger partial charge in [0.15, 0.2) is 0 Å². The number of anilines is 1. The van der Waals surface area contributed by atoms with Crippen LogP contribution < -0.4 is 10.9 Å². The van der Waals surface area contributed by atoms with E-state index >= 15 is 0 Å². The fourth-order valence-corrected chi connectivity index (χ4v) is 2.14. The van der Waals surface area contributed by atoms with Gasteiger partial charge in [-0.25, -0.2) is 4.98 Å². The van der Waals surface area contributed by atoms with Crippen LogP contribution in [0.2, 0.25) is 5.02 Å². The molecule has 0 fully saturated rings. The number of benzene rings is 1. The van der Waals surface area contributed by atoms with Crippen LogP contribution in [0, 0.1) is 0 Å². The number of halogens is 1. The van der Waals surface area contributed by atoms with Crippen LogP contribution in [0.5, 0.6) is 0 Å². The first kappa shape index (κ1) is 9.66. The van der Waals surface area contributed by atoms with E-state index in [9.17, 15) is 4.79 Å². The summed E-state index contributed by atoms with van der Waals surface area (Å²) in [6.07, 6.45) is 0.945. The number of fused-ring (bicyclic) bond motifs is 2. The summed E-state index contributed by atoms with van der Waals surface area (Å²) < 4.78 is 1.67. The van der Waals surface area contributed by atoms with Gasteiger partial charge in [-0.05, 0) is 24.6 Å². The SMILES string of the molecule is O=c1c2cc(Cl)ccc2nc2n1CCCN2. The Balaban J connectivity index is 2.40. The molecule has 0 bridgehead atoms. The Hall–Kier alpha value is -1.55. The minimum absolute atomic E-state index is 0.0188. The molecule has 0 radical (unpaired) electrons. The molecule has 0 aliphatic carbocycles. The van der Waals surface area contributed by atoms with Crippen LogP contribution in [0.3, 0.4) is 0 Å². The van der Waals surface area contributed by atoms with Crippen molar-refractivity contribution in [1.29, 1.82) is 0 Å². The summed E-state index contributed by atoms with van der Waals surface area (Å²) in [4.78, 5) is 16.6. The van der Waals surface area contributed by atoms with Crippen molar-refractivity contribution < 1.29 is 0 Å². The van der Waals surface area contributed by atoms with Crippen molar-refractivity contribution in [2.24, 2.45) is 0 Å². The summed E-state index contributed by atoms with van der Waals surface area (Å²) in [6, 6.07) is 5.19. The summed E-state index contributed by atoms with van der Waals surface area (Å²) in [5.41, 5.74) is 0.671. The molecule has 0 amide bonds. The highest BCUT2D eigenvalue weighted by Gasteiger charge is 2.13. The van der Waals surface area contributed by atoms with Crippen molar-refractivity contribution >= 4 is 28.5 Å². The highest BCUT2D eigenvalue weighted by Crippen LogP contribution is 2.18. The fourth-order valence-electron chi connectivity index (χ4n) is 1.97. The minimum Gasteiger partial charge on any atom is -0.355 e. The van der Waals surface area contributed by atoms with E-state index < -0.39 is 0 Å². The molecule has 2 aromatic rings. The highest BCUT2D eigenvalue weighted by atomic mass is 35.5. The quantitative estimate of drug-likeness (QED) is 0.758. The van der Waals surface area contributed by atoms with Gasteiger partial charge in [0.2, 0.25) is 5.95 Å². The Morgan fingerprint density at radius 2 is 2.31 bits per heavy atom. The molecule has 0 unspecified atom stereocenters. The largest absolute Gasteiger partial charge is 0.355 e. The Kier molecular flexibility index (Phi) is 2.11. The van der Waals surface area contributed by atoms with Crippen molar-refractivity contribution in [2.45, 2.75) is 13.0 Å². The van der Waals surface area contributed by atoms with Gasteiger partial charge in [-0.2, -0.15) is 0 Å². The van der Waals surface area contributed by atoms with Gasteiger partial charge in [0.05, 0.1) is 10.9 Å². The molecular formula is C11H10ClN3O. The van der Waals surface area contributed by atoms with Gasteiger partial charge in [0.25, 0.3) is 5.56 Å². The maximum Gasteiger partial charge on any atom is 0.262 e. The lowest BCUT2D eigenvalue weighted by atomic mass is 10.2. The lowest BCUT2D eigenvalue weighted by Gasteiger charge is -2.19. The van der Waals surface area contributed by atoms with E-state index in [-0.39, 0.29) is 5.56 Å². The smallest absolute Gasteiger partial charge is 0.262 e. The lowest BCUT2D eigenvalue weighted by molar-refractivity contribution is 0.602. The summed E-state index contributed by atoms with van der Waals surface area (Å²) in [5.74, 6) is 0.658. The lowest BCUT2D eigenvalue weighted by Crippen LogP contribution is -2.30. The molecule has 16 heavy (non-hydrogen) atoms. The molecular weight excluding hydrogens is 226 g/mol. The maximum atomic E-state index is 12.1. The second-order valence-corrected chi connectivity index (χ2v) is 4.27. The summed E-state index contributed by atoms with van der Waals surface area (Å²) >= 11 is 5.88. The van der Waals surface area contributed by atoms with Crippen LogP contribution in [-0.2, 0) is 6.54 Å². The normalized spacial score (nSPS) is 14.6. The predicted octanol–water partition coefficient (Wildman–Crippen LogP) is 1.87. The zero-order valence-corrected chi connectivity index (χ0v) is 9.29. The molecule has 1 aromatic carbocycles. The average molecular weight is 236 g/mol. The van der Waals surface area contributed by atoms with Gasteiger partial charge in [0.1, 0.15) is 0 Å². The van der Waals surface area contributed by atoms with Crippen LogP contribution in [0.1, 0.15) is 6.42 Å². The average Bonchev–Trinajstić information content (AvgIpc) is 2.31. The maximum absolute atomic E-state index is 12.1. The Morgan fingerprint density at radius 3 is 3.19 bits per heavy atom. The van der Waals surface area contributed by atoms with Gasteiger partial charge in [-0.1, -0.05) is 11.6 Å². The molecule has 82 valence electrons. The first-order valence-corrected chi connectivity index (χ1v) is 5.57. The molecule has 5 heteroatoms. The van der Waals surface area contributed by atoms with E-state index in [0.717, 1.165) is 19.5 Å². The van der Waals surface area contributed by atoms with Gasteiger partial charge in [-0.3, -0.25) is 9.36 Å². The van der Waals surface area contributed by atoms with E-state index in [1.165, 1.54) is 0 Å². The van der Waals surface area contributed by atoms with Gasteiger partial charge < -0.3 is 5.32 Å². The molecule has 0 atom stereocenters. The Bertz CT molecular complexity index is 620. The molecule has 3 rings (SSSR count). The second kappa shape index (κ2) is 3.49. The molecule has 4 nitrogen and oxygen atoms in total. The van der Waals surface area contributed by atoms with Gasteiger partial charge in [-0.15, -0.1) is 0 Å². The van der Waals surface area contributed by atoms with Gasteiger partial charge in [0, 0.05) is 18.1 Å². The number of rotatable bonds is 0. The van der Waals surface area contributed by atoms with E-state index in [4.69, 9.17) is 11.6 Å². The van der Waals surface area contributed by atoms with Crippen molar-refractivity contribution in [1.82, 2.24) is 9.55 Å². The molecule has 2 heterocycles. The monoisotopic (exact) mass is 235 g/mol. The van der Waals surface area contributed by atoms with Crippen molar-refractivity contribution in [2.75, 3.05) is 11.9 Å². The van der Waals surface area contributed by atoms with Crippen LogP contribution in [-0.4, -0.2) is 16.1 Å². The fraction of sp³-hybridized carbons (Fsp3) is 0.273. The zero-order chi connectivity index (χ0) is 11.1. The minimum atomic E-state index is -0.0188. The number of aromatic nitrogens is 2. The Morgan fingerprint density at radius 1 is 1.44 bits per heavy atom. The van der Waals surface area contributed by atoms with E-state index in [1.807, 2.05) is 0 Å². The van der Waals surface area contributed by atoms with E-state index in [2.05, 4.69) is 10.3 Å². The number of hydrogen-bond donors (Lipinski definition) is 1. The first-order valence-electron chi connectivity index (χ1n) is 5.20. The highest BCUT2D eigenvalue weighted by molar-refractivity contribution is 6.31. The number of nitrogens with one attached hydrogen (secondary N) is 1. The molecule has 1 aliphatic heterocycles. The van der Waals surface area contributed by atoms with Crippen molar-refractivity contribution in [3.05, 3.63) is 33.6 Å². The molecule has 1 aliphatic rings. The zero-order valence-electron chi connectivity index (χ0n) is 8.53. The number of hydrogen-bond acceptors (Lipinski definition) is 3. The second-order valence-electron chi connectivity index (χ2n) is 3.83. The Labute approximate surface area is 96.9 Å². The third-order valence-electron chi connectivity index (χ3n) is 2.76. The van der Waals surface area contributed by atoms with Crippen LogP contribution in [0.15, 0.2) is 23.0 Å². The molecule has 1 N–H and O–H groups in total. The third kappa shape index (κ3) is 1.38. The van der Waals surface area contributed by atoms with Crippen LogP contribution >= 0.6 is 11.6 Å². The number of nitrogens with zero attached hydrogens (tertiary/aromatic N) is 2. The standard InChI is InChI=1S/C11H10ClN3O/c12-7-2-3-9-8(6-7)10(16)15-5-1-4-13-11(15)14-9/h2-3,6H,1,4-5H2,(H,13,14). The van der Waals surface area contributed by atoms with Gasteiger partial charge >= 0.3 is 0 Å².